The lowest BCUT2D eigenvalue weighted by atomic mass is 9.95. The number of aliphatic imine (C=N–C) groups is 1. The Kier molecular flexibility index (Phi) is 10.4. The Hall–Kier alpha value is -1.51. The second-order valence-corrected chi connectivity index (χ2v) is 6.57. The molecule has 1 amide bonds. The number of ether oxygens (including phenoxy) is 1. The number of primary amides is 1. The maximum atomic E-state index is 11.1. The van der Waals surface area contributed by atoms with Crippen LogP contribution in [-0.2, 0) is 4.79 Å². The van der Waals surface area contributed by atoms with Crippen LogP contribution in [0.5, 0.6) is 5.75 Å². The predicted octanol–water partition coefficient (Wildman–Crippen LogP) is 2.54. The highest BCUT2D eigenvalue weighted by molar-refractivity contribution is 14.0. The van der Waals surface area contributed by atoms with Gasteiger partial charge in [-0.25, -0.2) is 0 Å². The quantitative estimate of drug-likeness (QED) is 0.276. The van der Waals surface area contributed by atoms with E-state index in [1.165, 1.54) is 0 Å². The summed E-state index contributed by atoms with van der Waals surface area (Å²) in [7, 11) is 1.80. The Balaban J connectivity index is 0.00000338. The van der Waals surface area contributed by atoms with Crippen molar-refractivity contribution in [3.05, 3.63) is 29.8 Å². The van der Waals surface area contributed by atoms with E-state index in [4.69, 9.17) is 10.5 Å². The third-order valence-electron chi connectivity index (χ3n) is 4.48. The molecule has 1 fully saturated rings. The molecule has 1 saturated heterocycles. The minimum atomic E-state index is -0.219. The van der Waals surface area contributed by atoms with Crippen molar-refractivity contribution < 1.29 is 9.53 Å². The van der Waals surface area contributed by atoms with Crippen molar-refractivity contribution in [1.82, 2.24) is 10.2 Å². The van der Waals surface area contributed by atoms with Crippen molar-refractivity contribution in [3.63, 3.8) is 0 Å². The Bertz CT molecular complexity index is 595. The minimum Gasteiger partial charge on any atom is -0.493 e. The van der Waals surface area contributed by atoms with Gasteiger partial charge in [0.1, 0.15) is 5.75 Å². The number of guanidine groups is 1. The number of para-hydroxylation sites is 1. The number of amides is 1. The summed E-state index contributed by atoms with van der Waals surface area (Å²) >= 11 is 0. The lowest BCUT2D eigenvalue weighted by molar-refractivity contribution is -0.119. The molecule has 0 saturated carbocycles. The number of nitrogens with two attached hydrogens (primary N) is 1. The normalized spacial score (nSPS) is 17.4. The van der Waals surface area contributed by atoms with Crippen LogP contribution in [0.4, 0.5) is 0 Å². The minimum absolute atomic E-state index is 0. The number of hydrogen-bond acceptors (Lipinski definition) is 3. The summed E-state index contributed by atoms with van der Waals surface area (Å²) in [4.78, 5) is 17.7. The van der Waals surface area contributed by atoms with Crippen LogP contribution in [0, 0.1) is 12.8 Å². The van der Waals surface area contributed by atoms with Gasteiger partial charge in [0.2, 0.25) is 5.91 Å². The molecule has 26 heavy (non-hydrogen) atoms. The van der Waals surface area contributed by atoms with Gasteiger partial charge in [-0.1, -0.05) is 18.2 Å². The summed E-state index contributed by atoms with van der Waals surface area (Å²) in [5.74, 6) is 1.94. The second-order valence-electron chi connectivity index (χ2n) is 6.57. The van der Waals surface area contributed by atoms with Gasteiger partial charge in [-0.3, -0.25) is 9.79 Å². The molecule has 1 aromatic rings. The zero-order chi connectivity index (χ0) is 18.1. The third kappa shape index (κ3) is 7.39. The van der Waals surface area contributed by atoms with E-state index in [1.54, 1.807) is 7.05 Å². The lowest BCUT2D eigenvalue weighted by Crippen LogP contribution is -2.47. The van der Waals surface area contributed by atoms with Crippen molar-refractivity contribution in [3.8, 4) is 5.75 Å². The number of nitrogens with zero attached hydrogens (tertiary/aromatic N) is 2. The summed E-state index contributed by atoms with van der Waals surface area (Å²) in [5.41, 5.74) is 6.49. The Morgan fingerprint density at radius 1 is 1.42 bits per heavy atom. The van der Waals surface area contributed by atoms with E-state index in [1.807, 2.05) is 31.2 Å². The highest BCUT2D eigenvalue weighted by Crippen LogP contribution is 2.19. The fraction of sp³-hybridized carbons (Fsp3) is 0.579. The highest BCUT2D eigenvalue weighted by atomic mass is 127. The lowest BCUT2D eigenvalue weighted by Gasteiger charge is -2.34. The fourth-order valence-corrected chi connectivity index (χ4v) is 3.21. The van der Waals surface area contributed by atoms with E-state index >= 15 is 0 Å². The van der Waals surface area contributed by atoms with Crippen molar-refractivity contribution in [2.75, 3.05) is 33.3 Å². The monoisotopic (exact) mass is 474 g/mol. The van der Waals surface area contributed by atoms with Crippen molar-refractivity contribution in [2.45, 2.75) is 32.6 Å². The van der Waals surface area contributed by atoms with Crippen LogP contribution in [0.25, 0.3) is 0 Å². The summed E-state index contributed by atoms with van der Waals surface area (Å²) < 4.78 is 5.81. The van der Waals surface area contributed by atoms with Crippen LogP contribution in [0.15, 0.2) is 29.3 Å². The molecule has 146 valence electrons. The average Bonchev–Trinajstić information content (AvgIpc) is 2.59. The first-order valence-electron chi connectivity index (χ1n) is 9.02. The molecule has 1 heterocycles. The molecular formula is C19H31IN4O2. The van der Waals surface area contributed by atoms with E-state index in [0.717, 1.165) is 56.2 Å². The zero-order valence-electron chi connectivity index (χ0n) is 15.7. The smallest absolute Gasteiger partial charge is 0.217 e. The van der Waals surface area contributed by atoms with Crippen molar-refractivity contribution >= 4 is 35.8 Å². The maximum absolute atomic E-state index is 11.1. The van der Waals surface area contributed by atoms with Gasteiger partial charge in [-0.15, -0.1) is 24.0 Å². The van der Waals surface area contributed by atoms with E-state index in [0.29, 0.717) is 18.9 Å². The number of benzene rings is 1. The molecule has 1 aliphatic heterocycles. The fourth-order valence-electron chi connectivity index (χ4n) is 3.21. The standard InChI is InChI=1S/C19H30N4O2.HI/c1-15-7-3-4-9-17(15)25-12-6-10-22-19(21-2)23-11-5-8-16(14-23)13-18(20)24;/h3-4,7,9,16H,5-6,8,10-14H2,1-2H3,(H2,20,24)(H,21,22);1H. The number of aryl methyl sites for hydroxylation is 1. The first kappa shape index (κ1) is 22.5. The van der Waals surface area contributed by atoms with Crippen molar-refractivity contribution in [2.24, 2.45) is 16.6 Å². The molecule has 1 aliphatic rings. The molecule has 1 unspecified atom stereocenters. The van der Waals surface area contributed by atoms with Gasteiger partial charge in [-0.2, -0.15) is 0 Å². The molecule has 7 heteroatoms. The molecule has 3 N–H and O–H groups in total. The largest absolute Gasteiger partial charge is 0.493 e. The van der Waals surface area contributed by atoms with E-state index in [2.05, 4.69) is 15.2 Å². The van der Waals surface area contributed by atoms with Gasteiger partial charge in [0.15, 0.2) is 5.96 Å². The number of hydrogen-bond donors (Lipinski definition) is 2. The molecule has 1 atom stereocenters. The second kappa shape index (κ2) is 12.0. The molecule has 0 bridgehead atoms. The molecule has 6 nitrogen and oxygen atoms in total. The topological polar surface area (TPSA) is 80.0 Å². The Morgan fingerprint density at radius 3 is 2.88 bits per heavy atom. The van der Waals surface area contributed by atoms with E-state index in [9.17, 15) is 4.79 Å². The van der Waals surface area contributed by atoms with E-state index < -0.39 is 0 Å². The van der Waals surface area contributed by atoms with Crippen LogP contribution in [-0.4, -0.2) is 50.1 Å². The average molecular weight is 474 g/mol. The molecule has 2 rings (SSSR count). The summed E-state index contributed by atoms with van der Waals surface area (Å²) in [6.45, 7) is 5.32. The number of likely N-dealkylation sites (tertiary alicyclic amines) is 1. The number of carbonyl (C=O) groups excluding carboxylic acids is 1. The van der Waals surface area contributed by atoms with Crippen molar-refractivity contribution in [1.29, 1.82) is 0 Å². The first-order chi connectivity index (χ1) is 12.1. The van der Waals surface area contributed by atoms with Crippen LogP contribution < -0.4 is 15.8 Å². The van der Waals surface area contributed by atoms with Gasteiger partial charge in [-0.05, 0) is 43.7 Å². The number of carbonyl (C=O) groups is 1. The van der Waals surface area contributed by atoms with Gasteiger partial charge in [0.05, 0.1) is 6.61 Å². The molecular weight excluding hydrogens is 443 g/mol. The van der Waals surface area contributed by atoms with Crippen LogP contribution in [0.3, 0.4) is 0 Å². The molecule has 0 aromatic heterocycles. The molecule has 0 spiro atoms. The van der Waals surface area contributed by atoms with Crippen LogP contribution in [0.1, 0.15) is 31.2 Å². The molecule has 0 aliphatic carbocycles. The number of rotatable bonds is 7. The number of halogens is 1. The van der Waals surface area contributed by atoms with Gasteiger partial charge in [0, 0.05) is 33.1 Å². The highest BCUT2D eigenvalue weighted by Gasteiger charge is 2.23. The predicted molar refractivity (Wildman–Crippen MR) is 116 cm³/mol. The number of nitrogens with one attached hydrogen (secondary N) is 1. The number of piperidine rings is 1. The van der Waals surface area contributed by atoms with Gasteiger partial charge in [0.25, 0.3) is 0 Å². The van der Waals surface area contributed by atoms with Crippen LogP contribution >= 0.6 is 24.0 Å². The SMILES string of the molecule is CN=C(NCCCOc1ccccc1C)N1CCCC(CC(N)=O)C1.I. The Morgan fingerprint density at radius 2 is 2.19 bits per heavy atom. The van der Waals surface area contributed by atoms with E-state index in [-0.39, 0.29) is 29.9 Å². The van der Waals surface area contributed by atoms with Gasteiger partial charge < -0.3 is 20.7 Å². The summed E-state index contributed by atoms with van der Waals surface area (Å²) in [6, 6.07) is 8.04. The van der Waals surface area contributed by atoms with Crippen LogP contribution in [0.2, 0.25) is 0 Å². The van der Waals surface area contributed by atoms with Gasteiger partial charge >= 0.3 is 0 Å². The first-order valence-corrected chi connectivity index (χ1v) is 9.02. The summed E-state index contributed by atoms with van der Waals surface area (Å²) in [5, 5.41) is 3.39. The maximum Gasteiger partial charge on any atom is 0.217 e. The molecule has 0 radical (unpaired) electrons. The zero-order valence-corrected chi connectivity index (χ0v) is 18.1. The Labute approximate surface area is 173 Å². The third-order valence-corrected chi connectivity index (χ3v) is 4.48. The summed E-state index contributed by atoms with van der Waals surface area (Å²) in [6.07, 6.45) is 3.47. The molecule has 1 aromatic carbocycles.